The summed E-state index contributed by atoms with van der Waals surface area (Å²) in [5, 5.41) is 8.50. The van der Waals surface area contributed by atoms with Gasteiger partial charge >= 0.3 is 0 Å². The second-order valence-corrected chi connectivity index (χ2v) is 11.5. The molecule has 0 bridgehead atoms. The zero-order chi connectivity index (χ0) is 32.4. The third kappa shape index (κ3) is 6.66. The van der Waals surface area contributed by atoms with E-state index in [1.54, 1.807) is 12.1 Å². The largest absolute Gasteiger partial charge is 0.359 e. The van der Waals surface area contributed by atoms with Gasteiger partial charge in [0.15, 0.2) is 0 Å². The van der Waals surface area contributed by atoms with Gasteiger partial charge in [0.05, 0.1) is 16.7 Å². The molecule has 0 saturated heterocycles. The molecule has 0 atom stereocenters. The Labute approximate surface area is 261 Å². The number of likely N-dealkylation sites (N-methyl/N-ethyl adjacent to an activating group) is 1. The molecule has 45 heavy (non-hydrogen) atoms. The number of rotatable bonds is 6. The van der Waals surface area contributed by atoms with E-state index in [2.05, 4.69) is 32.0 Å². The summed E-state index contributed by atoms with van der Waals surface area (Å²) in [6.45, 7) is 8.98. The molecule has 4 heterocycles. The van der Waals surface area contributed by atoms with Gasteiger partial charge < -0.3 is 30.8 Å². The third-order valence-corrected chi connectivity index (χ3v) is 7.79. The van der Waals surface area contributed by atoms with Gasteiger partial charge in [0.2, 0.25) is 0 Å². The predicted octanol–water partition coefficient (Wildman–Crippen LogP) is 5.68. The van der Waals surface area contributed by atoms with Gasteiger partial charge in [0, 0.05) is 58.4 Å². The van der Waals surface area contributed by atoms with Crippen LogP contribution in [0.3, 0.4) is 0 Å². The molecule has 6 rings (SSSR count). The molecule has 9 nitrogen and oxygen atoms in total. The molecular formula is C35H37FN6O3. The number of halogens is 1. The molecule has 0 aliphatic carbocycles. The lowest BCUT2D eigenvalue weighted by molar-refractivity contribution is -0.111. The van der Waals surface area contributed by atoms with E-state index >= 15 is 0 Å². The maximum absolute atomic E-state index is 13.6. The van der Waals surface area contributed by atoms with Gasteiger partial charge in [-0.25, -0.2) is 4.39 Å². The van der Waals surface area contributed by atoms with Gasteiger partial charge in [-0.2, -0.15) is 0 Å². The number of fused-ring (bicyclic) bond motifs is 2. The fourth-order valence-electron chi connectivity index (χ4n) is 5.51. The summed E-state index contributed by atoms with van der Waals surface area (Å²) in [7, 11) is 3.88. The van der Waals surface area contributed by atoms with Crippen LogP contribution < -0.4 is 16.0 Å². The third-order valence-electron chi connectivity index (χ3n) is 7.79. The minimum Gasteiger partial charge on any atom is -0.359 e. The number of para-hydroxylation sites is 1. The smallest absolute Gasteiger partial charge is 0.256 e. The van der Waals surface area contributed by atoms with Gasteiger partial charge in [0.25, 0.3) is 17.7 Å². The summed E-state index contributed by atoms with van der Waals surface area (Å²) in [4.78, 5) is 45.2. The summed E-state index contributed by atoms with van der Waals surface area (Å²) < 4.78 is 13.6. The number of nitrogens with one attached hydrogen (secondary N) is 5. The Morgan fingerprint density at radius 2 is 1.49 bits per heavy atom. The lowest BCUT2D eigenvalue weighted by atomic mass is 10.0. The maximum atomic E-state index is 13.6. The van der Waals surface area contributed by atoms with Gasteiger partial charge in [0.1, 0.15) is 5.82 Å². The SMILES string of the molecule is Cc1[nH]c(/C=C2\C(=O)Nc3ccc(F)cc32)c(C)c1C(=O)NCCN(C)C.Cc1cc(C)c(/C=C2\C(=O)Nc3ccccc32)[nH]1. The Bertz CT molecular complexity index is 1880. The quantitative estimate of drug-likeness (QED) is 0.181. The number of hydrogen-bond acceptors (Lipinski definition) is 4. The summed E-state index contributed by atoms with van der Waals surface area (Å²) in [6, 6.07) is 14.0. The van der Waals surface area contributed by atoms with Crippen LogP contribution in [0.2, 0.25) is 0 Å². The standard InChI is InChI=1S/C20H23FN4O2.C15H14N2O/c1-11-17(23-12(2)18(11)20(27)22-7-8-25(3)4)10-15-14-9-13(21)5-6-16(14)24-19(15)26;1-9-7-10(2)16-14(9)8-12-11-5-3-4-6-13(11)17-15(12)18/h5-6,9-10,23H,7-8H2,1-4H3,(H,22,27)(H,24,26);3-8,16H,1-2H3,(H,17,18)/b15-10-;12-8-. The van der Waals surface area contributed by atoms with Crippen LogP contribution in [0.15, 0.2) is 48.5 Å². The van der Waals surface area contributed by atoms with Crippen molar-refractivity contribution in [2.75, 3.05) is 37.8 Å². The lowest BCUT2D eigenvalue weighted by Crippen LogP contribution is -2.31. The van der Waals surface area contributed by atoms with Crippen molar-refractivity contribution in [2.24, 2.45) is 0 Å². The first-order chi connectivity index (χ1) is 21.4. The van der Waals surface area contributed by atoms with Crippen molar-refractivity contribution in [2.45, 2.75) is 27.7 Å². The number of benzene rings is 2. The van der Waals surface area contributed by atoms with E-state index in [-0.39, 0.29) is 17.7 Å². The van der Waals surface area contributed by atoms with Crippen molar-refractivity contribution in [3.8, 4) is 0 Å². The van der Waals surface area contributed by atoms with Gasteiger partial charge in [-0.15, -0.1) is 0 Å². The van der Waals surface area contributed by atoms with Crippen LogP contribution in [0, 0.1) is 33.5 Å². The first-order valence-electron chi connectivity index (χ1n) is 14.7. The number of H-pyrrole nitrogens is 2. The van der Waals surface area contributed by atoms with Crippen molar-refractivity contribution in [3.05, 3.63) is 105 Å². The Morgan fingerprint density at radius 3 is 2.16 bits per heavy atom. The van der Waals surface area contributed by atoms with E-state index in [0.29, 0.717) is 34.6 Å². The molecule has 0 unspecified atom stereocenters. The summed E-state index contributed by atoms with van der Waals surface area (Å²) >= 11 is 0. The van der Waals surface area contributed by atoms with Crippen LogP contribution in [-0.2, 0) is 9.59 Å². The average molecular weight is 609 g/mol. The van der Waals surface area contributed by atoms with Crippen molar-refractivity contribution in [3.63, 3.8) is 0 Å². The topological polar surface area (TPSA) is 122 Å². The molecule has 232 valence electrons. The molecule has 0 radical (unpaired) electrons. The fourth-order valence-corrected chi connectivity index (χ4v) is 5.51. The lowest BCUT2D eigenvalue weighted by Gasteiger charge is -2.10. The second kappa shape index (κ2) is 12.8. The van der Waals surface area contributed by atoms with E-state index < -0.39 is 5.82 Å². The number of hydrogen-bond donors (Lipinski definition) is 5. The van der Waals surface area contributed by atoms with Crippen LogP contribution in [0.4, 0.5) is 15.8 Å². The van der Waals surface area contributed by atoms with Crippen LogP contribution in [0.25, 0.3) is 23.3 Å². The first kappa shape index (κ1) is 31.2. The van der Waals surface area contributed by atoms with E-state index in [9.17, 15) is 18.8 Å². The molecule has 2 aliphatic rings. The Balaban J connectivity index is 0.000000192. The average Bonchev–Trinajstić information content (AvgIpc) is 3.66. The highest BCUT2D eigenvalue weighted by Crippen LogP contribution is 2.35. The summed E-state index contributed by atoms with van der Waals surface area (Å²) in [6.07, 6.45) is 3.59. The number of nitrogens with zero attached hydrogens (tertiary/aromatic N) is 1. The summed E-state index contributed by atoms with van der Waals surface area (Å²) in [5.74, 6) is -0.895. The first-order valence-corrected chi connectivity index (χ1v) is 14.7. The van der Waals surface area contributed by atoms with Gasteiger partial charge in [-0.3, -0.25) is 14.4 Å². The van der Waals surface area contributed by atoms with E-state index in [1.807, 2.05) is 77.0 Å². The normalized spacial score (nSPS) is 15.1. The highest BCUT2D eigenvalue weighted by molar-refractivity contribution is 6.35. The van der Waals surface area contributed by atoms with Gasteiger partial charge in [-0.1, -0.05) is 18.2 Å². The summed E-state index contributed by atoms with van der Waals surface area (Å²) in [5.41, 5.74) is 9.98. The van der Waals surface area contributed by atoms with Crippen molar-refractivity contribution in [1.29, 1.82) is 0 Å². The van der Waals surface area contributed by atoms with Crippen molar-refractivity contribution >= 4 is 52.4 Å². The molecule has 5 N–H and O–H groups in total. The van der Waals surface area contributed by atoms with Gasteiger partial charge in [-0.05, 0) is 95.4 Å². The fraction of sp³-hybridized carbons (Fsp3) is 0.229. The van der Waals surface area contributed by atoms with E-state index in [1.165, 1.54) is 12.1 Å². The minimum atomic E-state index is -0.406. The number of amides is 3. The molecule has 0 saturated carbocycles. The molecule has 0 spiro atoms. The zero-order valence-corrected chi connectivity index (χ0v) is 26.2. The van der Waals surface area contributed by atoms with Crippen LogP contribution in [0.1, 0.15) is 55.4 Å². The highest BCUT2D eigenvalue weighted by Gasteiger charge is 2.26. The molecule has 2 aliphatic heterocycles. The Kier molecular flexibility index (Phi) is 8.87. The molecule has 4 aromatic rings. The maximum Gasteiger partial charge on any atom is 0.256 e. The van der Waals surface area contributed by atoms with E-state index in [4.69, 9.17) is 0 Å². The monoisotopic (exact) mass is 608 g/mol. The zero-order valence-electron chi connectivity index (χ0n) is 26.2. The Morgan fingerprint density at radius 1 is 0.844 bits per heavy atom. The molecule has 0 fully saturated rings. The number of aromatic amines is 2. The number of carbonyl (C=O) groups excluding carboxylic acids is 3. The van der Waals surface area contributed by atoms with Crippen LogP contribution in [0.5, 0.6) is 0 Å². The highest BCUT2D eigenvalue weighted by atomic mass is 19.1. The molecule has 2 aromatic carbocycles. The Hall–Kier alpha value is -5.22. The molecular weight excluding hydrogens is 571 g/mol. The number of aryl methyl sites for hydroxylation is 3. The number of anilines is 2. The van der Waals surface area contributed by atoms with Crippen LogP contribution in [-0.4, -0.2) is 59.8 Å². The number of carbonyl (C=O) groups is 3. The second-order valence-electron chi connectivity index (χ2n) is 11.5. The minimum absolute atomic E-state index is 0.0390. The number of aromatic nitrogens is 2. The molecule has 2 aromatic heterocycles. The van der Waals surface area contributed by atoms with Crippen LogP contribution >= 0.6 is 0 Å². The van der Waals surface area contributed by atoms with Crippen molar-refractivity contribution in [1.82, 2.24) is 20.2 Å². The van der Waals surface area contributed by atoms with Crippen molar-refractivity contribution < 1.29 is 18.8 Å². The van der Waals surface area contributed by atoms with E-state index in [0.717, 1.165) is 51.6 Å². The predicted molar refractivity (Wildman–Crippen MR) is 177 cm³/mol. The molecule has 3 amide bonds. The molecule has 10 heteroatoms.